The van der Waals surface area contributed by atoms with E-state index in [0.29, 0.717) is 19.4 Å². The van der Waals surface area contributed by atoms with Crippen LogP contribution in [0.15, 0.2) is 29.1 Å². The third kappa shape index (κ3) is 4.16. The minimum absolute atomic E-state index is 0.596. The Morgan fingerprint density at radius 3 is 3.07 bits per heavy atom. The molecule has 0 saturated heterocycles. The second-order valence-corrected chi connectivity index (χ2v) is 3.67. The van der Waals surface area contributed by atoms with E-state index >= 15 is 0 Å². The van der Waals surface area contributed by atoms with Gasteiger partial charge in [-0.15, -0.1) is 0 Å². The Labute approximate surface area is 90.5 Å². The molecule has 84 valence electrons. The molecule has 0 spiro atoms. The van der Waals surface area contributed by atoms with E-state index in [1.807, 2.05) is 19.3 Å². The van der Waals surface area contributed by atoms with Crippen LogP contribution < -0.4 is 0 Å². The van der Waals surface area contributed by atoms with Crippen molar-refractivity contribution in [2.45, 2.75) is 12.8 Å². The van der Waals surface area contributed by atoms with Crippen LogP contribution in [0, 0.1) is 0 Å². The van der Waals surface area contributed by atoms with E-state index in [1.165, 1.54) is 5.57 Å². The lowest BCUT2D eigenvalue weighted by atomic mass is 10.0. The molecule has 0 aromatic heterocycles. The number of allylic oxidation sites excluding steroid dienone is 2. The quantitative estimate of drug-likeness (QED) is 0.426. The zero-order chi connectivity index (χ0) is 11.1. The Bertz CT molecular complexity index is 282. The maximum absolute atomic E-state index is 8.82. The van der Waals surface area contributed by atoms with Crippen LogP contribution >= 0.6 is 0 Å². The second kappa shape index (κ2) is 6.24. The van der Waals surface area contributed by atoms with Gasteiger partial charge >= 0.3 is 0 Å². The van der Waals surface area contributed by atoms with E-state index in [1.54, 1.807) is 7.11 Å². The Kier molecular flexibility index (Phi) is 4.90. The number of likely N-dealkylation sites (N-methyl/N-ethyl adjacent to an activating group) is 1. The SMILES string of the molecule is COCC/C(CC1=CC=CN(C)C1)=N\O. The molecule has 1 aliphatic rings. The summed E-state index contributed by atoms with van der Waals surface area (Å²) in [6.45, 7) is 1.49. The van der Waals surface area contributed by atoms with E-state index in [0.717, 1.165) is 12.3 Å². The van der Waals surface area contributed by atoms with Crippen molar-refractivity contribution < 1.29 is 9.94 Å². The van der Waals surface area contributed by atoms with Gasteiger partial charge < -0.3 is 14.8 Å². The zero-order valence-corrected chi connectivity index (χ0v) is 9.31. The normalized spacial score (nSPS) is 16.8. The first-order valence-electron chi connectivity index (χ1n) is 5.01. The molecule has 0 unspecified atom stereocenters. The molecule has 4 nitrogen and oxygen atoms in total. The highest BCUT2D eigenvalue weighted by atomic mass is 16.5. The Morgan fingerprint density at radius 2 is 2.47 bits per heavy atom. The van der Waals surface area contributed by atoms with Gasteiger partial charge in [-0.25, -0.2) is 0 Å². The highest BCUT2D eigenvalue weighted by molar-refractivity contribution is 5.86. The lowest BCUT2D eigenvalue weighted by Gasteiger charge is -2.19. The van der Waals surface area contributed by atoms with Crippen LogP contribution in [0.3, 0.4) is 0 Å². The van der Waals surface area contributed by atoms with Crippen molar-refractivity contribution in [3.63, 3.8) is 0 Å². The smallest absolute Gasteiger partial charge is 0.0634 e. The molecule has 0 saturated carbocycles. The van der Waals surface area contributed by atoms with Gasteiger partial charge in [0.05, 0.1) is 12.3 Å². The van der Waals surface area contributed by atoms with E-state index < -0.39 is 0 Å². The lowest BCUT2D eigenvalue weighted by Crippen LogP contribution is -2.18. The van der Waals surface area contributed by atoms with E-state index in [9.17, 15) is 0 Å². The second-order valence-electron chi connectivity index (χ2n) is 3.67. The van der Waals surface area contributed by atoms with Crippen LogP contribution in [-0.4, -0.2) is 43.1 Å². The Hall–Kier alpha value is -1.29. The number of ether oxygens (including phenoxy) is 1. The summed E-state index contributed by atoms with van der Waals surface area (Å²) in [6.07, 6.45) is 7.49. The molecule has 15 heavy (non-hydrogen) atoms. The first kappa shape index (κ1) is 11.8. The Balaban J connectivity index is 2.45. The third-order valence-corrected chi connectivity index (χ3v) is 2.29. The van der Waals surface area contributed by atoms with Gasteiger partial charge in [0, 0.05) is 33.5 Å². The summed E-state index contributed by atoms with van der Waals surface area (Å²) >= 11 is 0. The van der Waals surface area contributed by atoms with Gasteiger partial charge in [0.2, 0.25) is 0 Å². The molecule has 0 bridgehead atoms. The molecule has 0 aromatic rings. The fourth-order valence-corrected chi connectivity index (χ4v) is 1.52. The monoisotopic (exact) mass is 210 g/mol. The average Bonchev–Trinajstić information content (AvgIpc) is 2.24. The summed E-state index contributed by atoms with van der Waals surface area (Å²) in [6, 6.07) is 0. The summed E-state index contributed by atoms with van der Waals surface area (Å²) in [5, 5.41) is 12.1. The van der Waals surface area contributed by atoms with Crippen molar-refractivity contribution in [3.05, 3.63) is 23.9 Å². The van der Waals surface area contributed by atoms with Crippen molar-refractivity contribution in [2.75, 3.05) is 27.3 Å². The molecule has 0 atom stereocenters. The maximum atomic E-state index is 8.82. The van der Waals surface area contributed by atoms with E-state index in [4.69, 9.17) is 9.94 Å². The van der Waals surface area contributed by atoms with Crippen molar-refractivity contribution in [1.29, 1.82) is 0 Å². The molecule has 0 amide bonds. The summed E-state index contributed by atoms with van der Waals surface area (Å²) in [4.78, 5) is 2.10. The van der Waals surface area contributed by atoms with Gasteiger partial charge in [-0.1, -0.05) is 11.2 Å². The predicted octanol–water partition coefficient (Wildman–Crippen LogP) is 1.63. The van der Waals surface area contributed by atoms with Crippen LogP contribution in [0.4, 0.5) is 0 Å². The van der Waals surface area contributed by atoms with Crippen LogP contribution in [0.25, 0.3) is 0 Å². The van der Waals surface area contributed by atoms with E-state index in [2.05, 4.69) is 16.1 Å². The predicted molar refractivity (Wildman–Crippen MR) is 60.2 cm³/mol. The van der Waals surface area contributed by atoms with Crippen LogP contribution in [0.2, 0.25) is 0 Å². The van der Waals surface area contributed by atoms with Crippen molar-refractivity contribution in [2.24, 2.45) is 5.16 Å². The third-order valence-electron chi connectivity index (χ3n) is 2.29. The first-order valence-corrected chi connectivity index (χ1v) is 5.01. The molecule has 1 aliphatic heterocycles. The molecule has 0 fully saturated rings. The molecule has 0 radical (unpaired) electrons. The minimum atomic E-state index is 0.596. The number of rotatable bonds is 5. The number of hydrogen-bond donors (Lipinski definition) is 1. The standard InChI is InChI=1S/C11H18N2O2/c1-13-6-3-4-10(9-13)8-11(12-14)5-7-15-2/h3-4,6,14H,5,7-9H2,1-2H3/b12-11+. The number of methoxy groups -OCH3 is 1. The fraction of sp³-hybridized carbons (Fsp3) is 0.545. The molecule has 0 aliphatic carbocycles. The summed E-state index contributed by atoms with van der Waals surface area (Å²) in [5.74, 6) is 0. The summed E-state index contributed by atoms with van der Waals surface area (Å²) in [7, 11) is 3.67. The number of nitrogens with zero attached hydrogens (tertiary/aromatic N) is 2. The van der Waals surface area contributed by atoms with E-state index in [-0.39, 0.29) is 0 Å². The van der Waals surface area contributed by atoms with Crippen LogP contribution in [0.5, 0.6) is 0 Å². The van der Waals surface area contributed by atoms with Crippen LogP contribution in [-0.2, 0) is 4.74 Å². The number of hydrogen-bond acceptors (Lipinski definition) is 4. The molecule has 1 heterocycles. The number of oxime groups is 1. The molecular formula is C11H18N2O2. The van der Waals surface area contributed by atoms with Gasteiger partial charge in [-0.05, 0) is 17.8 Å². The summed E-state index contributed by atoms with van der Waals surface area (Å²) < 4.78 is 4.95. The van der Waals surface area contributed by atoms with Gasteiger partial charge in [0.1, 0.15) is 0 Å². The van der Waals surface area contributed by atoms with Crippen LogP contribution in [0.1, 0.15) is 12.8 Å². The zero-order valence-electron chi connectivity index (χ0n) is 9.31. The molecule has 1 rings (SSSR count). The minimum Gasteiger partial charge on any atom is -0.411 e. The topological polar surface area (TPSA) is 45.1 Å². The largest absolute Gasteiger partial charge is 0.411 e. The highest BCUT2D eigenvalue weighted by Gasteiger charge is 2.08. The Morgan fingerprint density at radius 1 is 1.67 bits per heavy atom. The first-order chi connectivity index (χ1) is 7.26. The highest BCUT2D eigenvalue weighted by Crippen LogP contribution is 2.11. The van der Waals surface area contributed by atoms with Crippen molar-refractivity contribution >= 4 is 5.71 Å². The maximum Gasteiger partial charge on any atom is 0.0634 e. The molecule has 1 N–H and O–H groups in total. The fourth-order valence-electron chi connectivity index (χ4n) is 1.52. The van der Waals surface area contributed by atoms with Gasteiger partial charge in [0.15, 0.2) is 0 Å². The molecular weight excluding hydrogens is 192 g/mol. The summed E-state index contributed by atoms with van der Waals surface area (Å²) in [5.41, 5.74) is 2.02. The van der Waals surface area contributed by atoms with Gasteiger partial charge in [-0.3, -0.25) is 0 Å². The van der Waals surface area contributed by atoms with Crippen molar-refractivity contribution in [3.8, 4) is 0 Å². The average molecular weight is 210 g/mol. The lowest BCUT2D eigenvalue weighted by molar-refractivity contribution is 0.205. The van der Waals surface area contributed by atoms with Gasteiger partial charge in [0.25, 0.3) is 0 Å². The van der Waals surface area contributed by atoms with Gasteiger partial charge in [-0.2, -0.15) is 0 Å². The molecule has 4 heteroatoms. The van der Waals surface area contributed by atoms with Crippen molar-refractivity contribution in [1.82, 2.24) is 4.90 Å². The molecule has 0 aromatic carbocycles.